The Hall–Kier alpha value is -0.210. The van der Waals surface area contributed by atoms with Crippen molar-refractivity contribution >= 4 is 0 Å². The lowest BCUT2D eigenvalue weighted by molar-refractivity contribution is 0.121. The van der Waals surface area contributed by atoms with Crippen LogP contribution in [0.25, 0.3) is 0 Å². The van der Waals surface area contributed by atoms with Gasteiger partial charge in [-0.2, -0.15) is 4.74 Å². The summed E-state index contributed by atoms with van der Waals surface area (Å²) < 4.78 is 9.02. The maximum absolute atomic E-state index is 4.62. The molecule has 0 aromatic heterocycles. The second-order valence-corrected chi connectivity index (χ2v) is 0.901. The van der Waals surface area contributed by atoms with E-state index in [0.717, 1.165) is 0 Å². The molecular formula is C4H9O2+. The van der Waals surface area contributed by atoms with Gasteiger partial charge in [0.05, 0.1) is 6.61 Å². The van der Waals surface area contributed by atoms with E-state index in [2.05, 4.69) is 16.6 Å². The zero-order valence-corrected chi connectivity index (χ0v) is 3.94. The van der Waals surface area contributed by atoms with Gasteiger partial charge in [0.2, 0.25) is 7.11 Å². The monoisotopic (exact) mass is 89.1 g/mol. The van der Waals surface area contributed by atoms with E-state index in [9.17, 15) is 0 Å². The molecule has 0 aliphatic rings. The van der Waals surface area contributed by atoms with Gasteiger partial charge in [-0.25, -0.2) is 0 Å². The molecule has 6 heavy (non-hydrogen) atoms. The number of rotatable bonds is 3. The second-order valence-electron chi connectivity index (χ2n) is 0.901. The molecule has 0 radical (unpaired) electrons. The molecule has 0 aromatic rings. The fourth-order valence-corrected chi connectivity index (χ4v) is 0.142. The Morgan fingerprint density at radius 3 is 2.33 bits per heavy atom. The maximum atomic E-state index is 4.62. The zero-order chi connectivity index (χ0) is 4.83. The van der Waals surface area contributed by atoms with Crippen molar-refractivity contribution in [2.75, 3.05) is 20.3 Å². The Kier molecular flexibility index (Phi) is 4.62. The van der Waals surface area contributed by atoms with Crippen molar-refractivity contribution in [2.45, 2.75) is 0 Å². The minimum atomic E-state index is 0.580. The summed E-state index contributed by atoms with van der Waals surface area (Å²) in [6.07, 6.45) is 0. The summed E-state index contributed by atoms with van der Waals surface area (Å²) in [6.45, 7) is 1.21. The van der Waals surface area contributed by atoms with E-state index in [0.29, 0.717) is 13.2 Å². The van der Waals surface area contributed by atoms with Gasteiger partial charge in [-0.15, -0.1) is 0 Å². The average molecular weight is 89.1 g/mol. The predicted molar refractivity (Wildman–Crippen MR) is 23.2 cm³/mol. The summed E-state index contributed by atoms with van der Waals surface area (Å²) in [6, 6.07) is 0. The van der Waals surface area contributed by atoms with Crippen molar-refractivity contribution in [1.29, 1.82) is 0 Å². The standard InChI is InChI=1S/C4H9O2/c1-5-3-4-6-2/h1,3-4H2,2H3/q+1. The van der Waals surface area contributed by atoms with Gasteiger partial charge in [-0.3, -0.25) is 0 Å². The van der Waals surface area contributed by atoms with Crippen LogP contribution < -0.4 is 0 Å². The van der Waals surface area contributed by atoms with Crippen molar-refractivity contribution in [3.63, 3.8) is 0 Å². The predicted octanol–water partition coefficient (Wildman–Crippen LogP) is 0.441. The summed E-state index contributed by atoms with van der Waals surface area (Å²) in [7, 11) is 4.77. The average Bonchev–Trinajstić information content (AvgIpc) is 1.61. The van der Waals surface area contributed by atoms with Crippen LogP contribution in [-0.4, -0.2) is 20.3 Å². The molecular weight excluding hydrogens is 80.0 g/mol. The highest BCUT2D eigenvalue weighted by molar-refractivity contribution is 4.20. The SMILES string of the molecule is [CH2+]OCCOC. The Morgan fingerprint density at radius 1 is 1.50 bits per heavy atom. The van der Waals surface area contributed by atoms with Crippen LogP contribution in [0.5, 0.6) is 0 Å². The van der Waals surface area contributed by atoms with E-state index in [-0.39, 0.29) is 0 Å². The largest absolute Gasteiger partial charge is 0.382 e. The van der Waals surface area contributed by atoms with Crippen LogP contribution in [0.15, 0.2) is 0 Å². The van der Waals surface area contributed by atoms with Gasteiger partial charge in [0, 0.05) is 7.11 Å². The first-order valence-electron chi connectivity index (χ1n) is 1.77. The smallest absolute Gasteiger partial charge is 0.213 e. The molecule has 0 bridgehead atoms. The van der Waals surface area contributed by atoms with Gasteiger partial charge in [-0.1, -0.05) is 0 Å². The highest BCUT2D eigenvalue weighted by Gasteiger charge is 1.79. The molecule has 0 heterocycles. The summed E-state index contributed by atoms with van der Waals surface area (Å²) in [5, 5.41) is 0. The lowest BCUT2D eigenvalue weighted by atomic mass is 10.8. The van der Waals surface area contributed by atoms with Gasteiger partial charge in [-0.05, 0) is 0 Å². The summed E-state index contributed by atoms with van der Waals surface area (Å²) in [4.78, 5) is 0. The van der Waals surface area contributed by atoms with Crippen molar-refractivity contribution in [2.24, 2.45) is 0 Å². The zero-order valence-electron chi connectivity index (χ0n) is 3.94. The number of hydrogen-bond acceptors (Lipinski definition) is 2. The molecule has 0 aliphatic carbocycles. The normalized spacial score (nSPS) is 8.83. The minimum Gasteiger partial charge on any atom is -0.382 e. The topological polar surface area (TPSA) is 18.5 Å². The molecule has 0 saturated heterocycles. The third kappa shape index (κ3) is 3.79. The first-order valence-corrected chi connectivity index (χ1v) is 1.77. The van der Waals surface area contributed by atoms with Crippen LogP contribution in [0.2, 0.25) is 0 Å². The van der Waals surface area contributed by atoms with Crippen molar-refractivity contribution < 1.29 is 9.47 Å². The third-order valence-electron chi connectivity index (χ3n) is 0.432. The maximum Gasteiger partial charge on any atom is 0.213 e. The van der Waals surface area contributed by atoms with E-state index in [4.69, 9.17) is 0 Å². The molecule has 0 aliphatic heterocycles. The minimum absolute atomic E-state index is 0.580. The van der Waals surface area contributed by atoms with Crippen LogP contribution in [-0.2, 0) is 9.47 Å². The quantitative estimate of drug-likeness (QED) is 0.369. The van der Waals surface area contributed by atoms with Crippen LogP contribution in [0.1, 0.15) is 0 Å². The number of ether oxygens (including phenoxy) is 2. The molecule has 0 N–H and O–H groups in total. The highest BCUT2D eigenvalue weighted by atomic mass is 16.5. The molecule has 0 rings (SSSR count). The van der Waals surface area contributed by atoms with Crippen molar-refractivity contribution in [3.8, 4) is 0 Å². The molecule has 2 heteroatoms. The molecule has 36 valence electrons. The van der Waals surface area contributed by atoms with Crippen molar-refractivity contribution in [1.82, 2.24) is 0 Å². The van der Waals surface area contributed by atoms with Crippen LogP contribution in [0.3, 0.4) is 0 Å². The molecule has 0 fully saturated rings. The van der Waals surface area contributed by atoms with Crippen LogP contribution >= 0.6 is 0 Å². The van der Waals surface area contributed by atoms with E-state index >= 15 is 0 Å². The molecule has 0 atom stereocenters. The fourth-order valence-electron chi connectivity index (χ4n) is 0.142. The van der Waals surface area contributed by atoms with Gasteiger partial charge in [0.1, 0.15) is 6.61 Å². The molecule has 2 nitrogen and oxygen atoms in total. The second kappa shape index (κ2) is 4.79. The lowest BCUT2D eigenvalue weighted by Gasteiger charge is -1.86. The highest BCUT2D eigenvalue weighted by Crippen LogP contribution is 1.67. The first kappa shape index (κ1) is 5.79. The summed E-state index contributed by atoms with van der Waals surface area (Å²) in [5.74, 6) is 0. The van der Waals surface area contributed by atoms with Gasteiger partial charge >= 0.3 is 0 Å². The Morgan fingerprint density at radius 2 is 2.17 bits per heavy atom. The summed E-state index contributed by atoms with van der Waals surface area (Å²) >= 11 is 0. The Balaban J connectivity index is 2.34. The van der Waals surface area contributed by atoms with E-state index in [1.807, 2.05) is 0 Å². The third-order valence-corrected chi connectivity index (χ3v) is 0.432. The molecule has 0 amide bonds. The molecule has 0 unspecified atom stereocenters. The van der Waals surface area contributed by atoms with E-state index in [1.165, 1.54) is 0 Å². The van der Waals surface area contributed by atoms with Crippen LogP contribution in [0.4, 0.5) is 0 Å². The van der Waals surface area contributed by atoms with Gasteiger partial charge in [0.25, 0.3) is 0 Å². The van der Waals surface area contributed by atoms with Gasteiger partial charge in [0.15, 0.2) is 0 Å². The van der Waals surface area contributed by atoms with E-state index < -0.39 is 0 Å². The first-order chi connectivity index (χ1) is 2.91. The molecule has 0 spiro atoms. The van der Waals surface area contributed by atoms with Gasteiger partial charge < -0.3 is 4.74 Å². The van der Waals surface area contributed by atoms with Crippen LogP contribution in [0, 0.1) is 7.11 Å². The molecule has 0 saturated carbocycles. The summed E-state index contributed by atoms with van der Waals surface area (Å²) in [5.41, 5.74) is 0. The van der Waals surface area contributed by atoms with Crippen molar-refractivity contribution in [3.05, 3.63) is 7.11 Å². The Bertz CT molecular complexity index is 17.5. The fraction of sp³-hybridized carbons (Fsp3) is 0.750. The Labute approximate surface area is 38.1 Å². The van der Waals surface area contributed by atoms with E-state index in [1.54, 1.807) is 7.11 Å². The lowest BCUT2D eigenvalue weighted by Crippen LogP contribution is -1.95. The number of hydrogen-bond donors (Lipinski definition) is 0. The molecule has 0 aromatic carbocycles. The number of methoxy groups -OCH3 is 1.